The molecule has 0 fully saturated rings. The fourth-order valence-corrected chi connectivity index (χ4v) is 2.91. The van der Waals surface area contributed by atoms with Gasteiger partial charge in [0.15, 0.2) is 0 Å². The highest BCUT2D eigenvalue weighted by Gasteiger charge is 2.11. The third kappa shape index (κ3) is 4.00. The zero-order chi connectivity index (χ0) is 14.5. The largest absolute Gasteiger partial charge is 0.351 e. The lowest BCUT2D eigenvalue weighted by atomic mass is 10.1. The molecule has 1 unspecified atom stereocenters. The van der Waals surface area contributed by atoms with Crippen molar-refractivity contribution >= 4 is 32.9 Å². The fraction of sp³-hybridized carbons (Fsp3) is 0.400. The first-order chi connectivity index (χ1) is 9.56. The van der Waals surface area contributed by atoms with Crippen molar-refractivity contribution in [2.75, 3.05) is 6.54 Å². The first-order valence-electron chi connectivity index (χ1n) is 6.69. The minimum absolute atomic E-state index is 0.0780. The minimum Gasteiger partial charge on any atom is -0.351 e. The minimum atomic E-state index is -0.0780. The van der Waals surface area contributed by atoms with Gasteiger partial charge in [-0.05, 0) is 30.5 Å². The predicted molar refractivity (Wildman–Crippen MR) is 84.0 cm³/mol. The Hall–Kier alpha value is -1.49. The number of rotatable bonds is 5. The molecule has 1 heterocycles. The molecule has 0 spiro atoms. The van der Waals surface area contributed by atoms with E-state index in [1.807, 2.05) is 6.07 Å². The number of benzene rings is 1. The fourth-order valence-electron chi connectivity index (χ4n) is 2.00. The summed E-state index contributed by atoms with van der Waals surface area (Å²) < 4.78 is 0. The van der Waals surface area contributed by atoms with E-state index in [1.54, 1.807) is 24.5 Å². The summed E-state index contributed by atoms with van der Waals surface area (Å²) >= 11 is 3.58. The summed E-state index contributed by atoms with van der Waals surface area (Å²) in [6.45, 7) is 4.95. The monoisotopic (exact) mass is 335 g/mol. The van der Waals surface area contributed by atoms with Gasteiger partial charge in [0, 0.05) is 29.3 Å². The molecule has 106 valence electrons. The van der Waals surface area contributed by atoms with E-state index in [2.05, 4.69) is 45.1 Å². The molecule has 20 heavy (non-hydrogen) atoms. The number of aromatic nitrogens is 2. The number of halogens is 1. The van der Waals surface area contributed by atoms with Gasteiger partial charge < -0.3 is 5.32 Å². The molecule has 0 aliphatic heterocycles. The Morgan fingerprint density at radius 2 is 1.95 bits per heavy atom. The number of hydrogen-bond donors (Lipinski definition) is 1. The first-order valence-corrected chi connectivity index (χ1v) is 7.61. The Morgan fingerprint density at radius 3 is 2.65 bits per heavy atom. The van der Waals surface area contributed by atoms with Crippen molar-refractivity contribution in [3.8, 4) is 0 Å². The first kappa shape index (κ1) is 14.9. The molecular weight excluding hydrogens is 318 g/mol. The number of nitrogens with zero attached hydrogens (tertiary/aromatic N) is 2. The van der Waals surface area contributed by atoms with E-state index in [9.17, 15) is 4.79 Å². The SMILES string of the molecule is CC(C)CC(Br)CNC(=O)c1ccc2nccnc2c1. The maximum absolute atomic E-state index is 12.1. The molecule has 0 aliphatic carbocycles. The van der Waals surface area contributed by atoms with E-state index in [0.29, 0.717) is 22.9 Å². The molecule has 0 aliphatic rings. The van der Waals surface area contributed by atoms with Crippen molar-refractivity contribution in [3.63, 3.8) is 0 Å². The number of carbonyl (C=O) groups is 1. The molecule has 1 amide bonds. The standard InChI is InChI=1S/C15H18BrN3O/c1-10(2)7-12(16)9-19-15(20)11-3-4-13-14(8-11)18-6-5-17-13/h3-6,8,10,12H,7,9H2,1-2H3,(H,19,20). The molecule has 0 saturated carbocycles. The van der Waals surface area contributed by atoms with Gasteiger partial charge >= 0.3 is 0 Å². The Bertz CT molecular complexity index is 600. The summed E-state index contributed by atoms with van der Waals surface area (Å²) in [5.74, 6) is 0.526. The quantitative estimate of drug-likeness (QED) is 0.854. The van der Waals surface area contributed by atoms with Gasteiger partial charge in [0.25, 0.3) is 5.91 Å². The molecule has 0 saturated heterocycles. The van der Waals surface area contributed by atoms with Gasteiger partial charge in [-0.2, -0.15) is 0 Å². The number of carbonyl (C=O) groups excluding carboxylic acids is 1. The van der Waals surface area contributed by atoms with Crippen LogP contribution in [0.1, 0.15) is 30.6 Å². The Kier molecular flexibility index (Phi) is 5.06. The zero-order valence-electron chi connectivity index (χ0n) is 11.6. The van der Waals surface area contributed by atoms with E-state index in [4.69, 9.17) is 0 Å². The third-order valence-corrected chi connectivity index (χ3v) is 3.64. The molecule has 4 nitrogen and oxygen atoms in total. The Morgan fingerprint density at radius 1 is 1.25 bits per heavy atom. The smallest absolute Gasteiger partial charge is 0.251 e. The van der Waals surface area contributed by atoms with Crippen molar-refractivity contribution in [1.29, 1.82) is 0 Å². The van der Waals surface area contributed by atoms with Crippen molar-refractivity contribution < 1.29 is 4.79 Å². The van der Waals surface area contributed by atoms with E-state index in [1.165, 1.54) is 0 Å². The predicted octanol–water partition coefficient (Wildman–Crippen LogP) is 3.17. The number of nitrogens with one attached hydrogen (secondary N) is 1. The highest BCUT2D eigenvalue weighted by molar-refractivity contribution is 9.09. The number of amides is 1. The van der Waals surface area contributed by atoms with Crippen LogP contribution in [0.15, 0.2) is 30.6 Å². The average Bonchev–Trinajstić information content (AvgIpc) is 2.43. The average molecular weight is 336 g/mol. The molecule has 2 rings (SSSR count). The van der Waals surface area contributed by atoms with Gasteiger partial charge in [-0.3, -0.25) is 14.8 Å². The Labute approximate surface area is 127 Å². The van der Waals surface area contributed by atoms with Crippen LogP contribution in [-0.4, -0.2) is 27.2 Å². The van der Waals surface area contributed by atoms with Crippen LogP contribution in [-0.2, 0) is 0 Å². The maximum Gasteiger partial charge on any atom is 0.251 e. The molecule has 1 N–H and O–H groups in total. The van der Waals surface area contributed by atoms with Crippen molar-refractivity contribution in [2.24, 2.45) is 5.92 Å². The molecule has 2 aromatic rings. The molecule has 5 heteroatoms. The maximum atomic E-state index is 12.1. The van der Waals surface area contributed by atoms with Gasteiger partial charge in [0.2, 0.25) is 0 Å². The van der Waals surface area contributed by atoms with Gasteiger partial charge in [-0.25, -0.2) is 0 Å². The van der Waals surface area contributed by atoms with E-state index in [0.717, 1.165) is 17.5 Å². The summed E-state index contributed by atoms with van der Waals surface area (Å²) in [6, 6.07) is 5.36. The highest BCUT2D eigenvalue weighted by atomic mass is 79.9. The lowest BCUT2D eigenvalue weighted by molar-refractivity contribution is 0.0953. The third-order valence-electron chi connectivity index (χ3n) is 2.94. The van der Waals surface area contributed by atoms with Crippen LogP contribution >= 0.6 is 15.9 Å². The summed E-state index contributed by atoms with van der Waals surface area (Å²) in [7, 11) is 0. The second kappa shape index (κ2) is 6.79. The Balaban J connectivity index is 2.00. The van der Waals surface area contributed by atoms with Crippen molar-refractivity contribution in [2.45, 2.75) is 25.1 Å². The summed E-state index contributed by atoms with van der Waals surface area (Å²) in [5.41, 5.74) is 2.14. The normalized spacial score (nSPS) is 12.6. The van der Waals surface area contributed by atoms with Crippen LogP contribution in [0.4, 0.5) is 0 Å². The van der Waals surface area contributed by atoms with Crippen LogP contribution in [0.2, 0.25) is 0 Å². The lowest BCUT2D eigenvalue weighted by Crippen LogP contribution is -2.30. The van der Waals surface area contributed by atoms with Crippen molar-refractivity contribution in [1.82, 2.24) is 15.3 Å². The summed E-state index contributed by atoms with van der Waals surface area (Å²) in [4.78, 5) is 20.8. The number of hydrogen-bond acceptors (Lipinski definition) is 3. The van der Waals surface area contributed by atoms with Crippen LogP contribution in [0.3, 0.4) is 0 Å². The second-order valence-electron chi connectivity index (χ2n) is 5.20. The molecule has 1 aromatic carbocycles. The lowest BCUT2D eigenvalue weighted by Gasteiger charge is -2.13. The second-order valence-corrected chi connectivity index (χ2v) is 6.49. The summed E-state index contributed by atoms with van der Waals surface area (Å²) in [5, 5.41) is 2.93. The van der Waals surface area contributed by atoms with Crippen LogP contribution in [0.25, 0.3) is 11.0 Å². The summed E-state index contributed by atoms with van der Waals surface area (Å²) in [6.07, 6.45) is 4.30. The zero-order valence-corrected chi connectivity index (χ0v) is 13.2. The van der Waals surface area contributed by atoms with E-state index in [-0.39, 0.29) is 5.91 Å². The molecule has 1 atom stereocenters. The van der Waals surface area contributed by atoms with Crippen LogP contribution in [0.5, 0.6) is 0 Å². The van der Waals surface area contributed by atoms with Crippen molar-refractivity contribution in [3.05, 3.63) is 36.2 Å². The molecular formula is C15H18BrN3O. The van der Waals surface area contributed by atoms with E-state index < -0.39 is 0 Å². The molecule has 1 aromatic heterocycles. The molecule has 0 bridgehead atoms. The van der Waals surface area contributed by atoms with Crippen LogP contribution in [0, 0.1) is 5.92 Å². The number of fused-ring (bicyclic) bond motifs is 1. The van der Waals surface area contributed by atoms with Gasteiger partial charge in [0.05, 0.1) is 11.0 Å². The molecule has 0 radical (unpaired) electrons. The van der Waals surface area contributed by atoms with Crippen LogP contribution < -0.4 is 5.32 Å². The van der Waals surface area contributed by atoms with E-state index >= 15 is 0 Å². The number of alkyl halides is 1. The van der Waals surface area contributed by atoms with Gasteiger partial charge in [0.1, 0.15) is 0 Å². The topological polar surface area (TPSA) is 54.9 Å². The van der Waals surface area contributed by atoms with Gasteiger partial charge in [-0.15, -0.1) is 0 Å². The highest BCUT2D eigenvalue weighted by Crippen LogP contribution is 2.13. The van der Waals surface area contributed by atoms with Gasteiger partial charge in [-0.1, -0.05) is 29.8 Å².